The fraction of sp³-hybridized carbons (Fsp3) is 0.478. The summed E-state index contributed by atoms with van der Waals surface area (Å²) in [6.45, 7) is 7.71. The minimum Gasteiger partial charge on any atom is -0.497 e. The van der Waals surface area contributed by atoms with Crippen LogP contribution in [0.3, 0.4) is 0 Å². The molecule has 2 N–H and O–H groups in total. The lowest BCUT2D eigenvalue weighted by Gasteiger charge is -2.34. The molecule has 1 aliphatic heterocycles. The van der Waals surface area contributed by atoms with Crippen LogP contribution in [0, 0.1) is 0 Å². The van der Waals surface area contributed by atoms with Crippen LogP contribution < -0.4 is 15.4 Å². The van der Waals surface area contributed by atoms with Crippen molar-refractivity contribution in [2.24, 2.45) is 4.99 Å². The quantitative estimate of drug-likeness (QED) is 0.487. The molecule has 0 saturated carbocycles. The van der Waals surface area contributed by atoms with Crippen LogP contribution in [0.5, 0.6) is 5.75 Å². The number of hydrogen-bond donors (Lipinski definition) is 2. The zero-order valence-electron chi connectivity index (χ0n) is 18.0. The summed E-state index contributed by atoms with van der Waals surface area (Å²) >= 11 is 0. The first kappa shape index (κ1) is 22.1. The summed E-state index contributed by atoms with van der Waals surface area (Å²) in [6.07, 6.45) is 2.69. The topological polar surface area (TPSA) is 71.0 Å². The van der Waals surface area contributed by atoms with Crippen molar-refractivity contribution in [1.82, 2.24) is 20.5 Å². The van der Waals surface area contributed by atoms with E-state index in [1.54, 1.807) is 7.11 Å². The fourth-order valence-corrected chi connectivity index (χ4v) is 3.52. The molecule has 1 fully saturated rings. The second-order valence-corrected chi connectivity index (χ2v) is 7.15. The number of benzene rings is 1. The van der Waals surface area contributed by atoms with Crippen molar-refractivity contribution in [3.05, 3.63) is 59.9 Å². The van der Waals surface area contributed by atoms with E-state index in [2.05, 4.69) is 39.6 Å². The number of guanidine groups is 1. The van der Waals surface area contributed by atoms with E-state index in [9.17, 15) is 0 Å². The van der Waals surface area contributed by atoms with E-state index in [4.69, 9.17) is 14.5 Å². The van der Waals surface area contributed by atoms with Crippen molar-refractivity contribution < 1.29 is 9.47 Å². The summed E-state index contributed by atoms with van der Waals surface area (Å²) in [5.41, 5.74) is 2.32. The molecule has 0 bridgehead atoms. The van der Waals surface area contributed by atoms with Crippen LogP contribution in [0.25, 0.3) is 0 Å². The van der Waals surface area contributed by atoms with Crippen LogP contribution >= 0.6 is 0 Å². The Labute approximate surface area is 179 Å². The van der Waals surface area contributed by atoms with Gasteiger partial charge in [0.25, 0.3) is 0 Å². The number of hydrogen-bond acceptors (Lipinski definition) is 5. The van der Waals surface area contributed by atoms with Gasteiger partial charge in [-0.3, -0.25) is 14.9 Å². The minimum absolute atomic E-state index is 0.200. The Morgan fingerprint density at radius 3 is 2.63 bits per heavy atom. The summed E-state index contributed by atoms with van der Waals surface area (Å²) in [5.74, 6) is 1.70. The van der Waals surface area contributed by atoms with Gasteiger partial charge in [-0.1, -0.05) is 18.2 Å². The first-order valence-corrected chi connectivity index (χ1v) is 10.7. The molecule has 3 rings (SSSR count). The number of aliphatic imine (C=N–C) groups is 1. The number of rotatable bonds is 9. The second kappa shape index (κ2) is 12.1. The molecule has 2 heterocycles. The van der Waals surface area contributed by atoms with E-state index in [0.29, 0.717) is 6.54 Å². The Bertz CT molecular complexity index is 761. The monoisotopic (exact) mass is 411 g/mol. The predicted octanol–water partition coefficient (Wildman–Crippen LogP) is 2.26. The average Bonchev–Trinajstić information content (AvgIpc) is 2.81. The number of morpholine rings is 1. The van der Waals surface area contributed by atoms with Gasteiger partial charge in [-0.05, 0) is 36.8 Å². The van der Waals surface area contributed by atoms with E-state index in [0.717, 1.165) is 63.2 Å². The molecule has 0 spiro atoms. The molecular formula is C23H33N5O2. The number of nitrogens with one attached hydrogen (secondary N) is 2. The van der Waals surface area contributed by atoms with Crippen molar-refractivity contribution in [2.75, 3.05) is 53.0 Å². The number of pyridine rings is 1. The first-order valence-electron chi connectivity index (χ1n) is 10.7. The second-order valence-electron chi connectivity index (χ2n) is 7.15. The smallest absolute Gasteiger partial charge is 0.191 e. The van der Waals surface area contributed by atoms with Crippen molar-refractivity contribution in [1.29, 1.82) is 0 Å². The van der Waals surface area contributed by atoms with Crippen molar-refractivity contribution in [3.8, 4) is 5.75 Å². The van der Waals surface area contributed by atoms with Gasteiger partial charge in [-0.2, -0.15) is 0 Å². The van der Waals surface area contributed by atoms with Crippen LogP contribution in [0.1, 0.15) is 24.2 Å². The third kappa shape index (κ3) is 6.71. The molecule has 0 amide bonds. The molecular weight excluding hydrogens is 378 g/mol. The van der Waals surface area contributed by atoms with Crippen LogP contribution in [-0.4, -0.2) is 68.9 Å². The maximum Gasteiger partial charge on any atom is 0.191 e. The Balaban J connectivity index is 1.66. The maximum atomic E-state index is 5.55. The SMILES string of the molecule is CCNC(=NCC(c1ccc(OC)cc1)N1CCOCC1)NCCc1ccccn1. The summed E-state index contributed by atoms with van der Waals surface area (Å²) in [5, 5.41) is 6.78. The Hall–Kier alpha value is -2.64. The van der Waals surface area contributed by atoms with E-state index in [1.807, 2.05) is 36.5 Å². The minimum atomic E-state index is 0.200. The molecule has 7 heteroatoms. The van der Waals surface area contributed by atoms with E-state index in [1.165, 1.54) is 5.56 Å². The molecule has 1 aliphatic rings. The Kier molecular flexibility index (Phi) is 8.93. The van der Waals surface area contributed by atoms with E-state index >= 15 is 0 Å². The lowest BCUT2D eigenvalue weighted by atomic mass is 10.0. The molecule has 162 valence electrons. The average molecular weight is 412 g/mol. The molecule has 1 atom stereocenters. The molecule has 1 unspecified atom stereocenters. The van der Waals surface area contributed by atoms with Crippen molar-refractivity contribution in [3.63, 3.8) is 0 Å². The van der Waals surface area contributed by atoms with Gasteiger partial charge in [0.2, 0.25) is 0 Å². The Morgan fingerprint density at radius 2 is 1.97 bits per heavy atom. The number of nitrogens with zero attached hydrogens (tertiary/aromatic N) is 3. The molecule has 2 aromatic rings. The summed E-state index contributed by atoms with van der Waals surface area (Å²) in [7, 11) is 1.69. The van der Waals surface area contributed by atoms with Crippen molar-refractivity contribution in [2.45, 2.75) is 19.4 Å². The van der Waals surface area contributed by atoms with Gasteiger partial charge in [0, 0.05) is 44.5 Å². The lowest BCUT2D eigenvalue weighted by molar-refractivity contribution is 0.0179. The highest BCUT2D eigenvalue weighted by Gasteiger charge is 2.22. The van der Waals surface area contributed by atoms with Crippen molar-refractivity contribution >= 4 is 5.96 Å². The molecule has 30 heavy (non-hydrogen) atoms. The molecule has 7 nitrogen and oxygen atoms in total. The van der Waals surface area contributed by atoms with Gasteiger partial charge in [0.1, 0.15) is 5.75 Å². The number of ether oxygens (including phenoxy) is 2. The van der Waals surface area contributed by atoms with Gasteiger partial charge >= 0.3 is 0 Å². The van der Waals surface area contributed by atoms with Crippen LogP contribution in [0.2, 0.25) is 0 Å². The summed E-state index contributed by atoms with van der Waals surface area (Å²) in [6, 6.07) is 14.5. The van der Waals surface area contributed by atoms with E-state index in [-0.39, 0.29) is 6.04 Å². The summed E-state index contributed by atoms with van der Waals surface area (Å²) < 4.78 is 10.9. The van der Waals surface area contributed by atoms with E-state index < -0.39 is 0 Å². The molecule has 0 radical (unpaired) electrons. The zero-order valence-corrected chi connectivity index (χ0v) is 18.0. The predicted molar refractivity (Wildman–Crippen MR) is 120 cm³/mol. The molecule has 1 aromatic carbocycles. The highest BCUT2D eigenvalue weighted by atomic mass is 16.5. The normalized spacial score (nSPS) is 16.1. The lowest BCUT2D eigenvalue weighted by Crippen LogP contribution is -2.42. The highest BCUT2D eigenvalue weighted by Crippen LogP contribution is 2.24. The van der Waals surface area contributed by atoms with Crippen LogP contribution in [-0.2, 0) is 11.2 Å². The third-order valence-electron chi connectivity index (χ3n) is 5.15. The largest absolute Gasteiger partial charge is 0.497 e. The first-order chi connectivity index (χ1) is 14.8. The fourth-order valence-electron chi connectivity index (χ4n) is 3.52. The van der Waals surface area contributed by atoms with Gasteiger partial charge in [0.15, 0.2) is 5.96 Å². The Morgan fingerprint density at radius 1 is 1.17 bits per heavy atom. The number of methoxy groups -OCH3 is 1. The molecule has 0 aliphatic carbocycles. The van der Waals surface area contributed by atoms with Gasteiger partial charge < -0.3 is 20.1 Å². The van der Waals surface area contributed by atoms with Gasteiger partial charge in [0.05, 0.1) is 32.9 Å². The van der Waals surface area contributed by atoms with Gasteiger partial charge in [-0.25, -0.2) is 0 Å². The standard InChI is InChI=1S/C23H33N5O2/c1-3-24-23(26-13-11-20-6-4-5-12-25-20)27-18-22(28-14-16-30-17-15-28)19-7-9-21(29-2)10-8-19/h4-10,12,22H,3,11,13-18H2,1-2H3,(H2,24,26,27). The molecule has 1 aromatic heterocycles. The molecule has 1 saturated heterocycles. The number of aromatic nitrogens is 1. The van der Waals surface area contributed by atoms with Crippen LogP contribution in [0.4, 0.5) is 0 Å². The maximum absolute atomic E-state index is 5.55. The van der Waals surface area contributed by atoms with Gasteiger partial charge in [-0.15, -0.1) is 0 Å². The highest BCUT2D eigenvalue weighted by molar-refractivity contribution is 5.79. The third-order valence-corrected chi connectivity index (χ3v) is 5.15. The zero-order chi connectivity index (χ0) is 21.0. The summed E-state index contributed by atoms with van der Waals surface area (Å²) in [4.78, 5) is 11.7. The van der Waals surface area contributed by atoms with Crippen LogP contribution in [0.15, 0.2) is 53.7 Å².